The first-order valence-corrected chi connectivity index (χ1v) is 8.49. The van der Waals surface area contributed by atoms with Gasteiger partial charge in [-0.2, -0.15) is 18.4 Å². The maximum absolute atomic E-state index is 13.2. The number of pyridine rings is 1. The van der Waals surface area contributed by atoms with E-state index in [-0.39, 0.29) is 43.4 Å². The Morgan fingerprint density at radius 1 is 1.31 bits per heavy atom. The predicted octanol–water partition coefficient (Wildman–Crippen LogP) is 3.38. The number of aromatic nitrogens is 1. The molecule has 10 heteroatoms. The molecular weight excluding hydrogens is 412 g/mol. The topological polar surface area (TPSA) is 77.8 Å². The van der Waals surface area contributed by atoms with E-state index in [1.807, 2.05) is 6.07 Å². The summed E-state index contributed by atoms with van der Waals surface area (Å²) in [6.07, 6.45) is -4.10. The summed E-state index contributed by atoms with van der Waals surface area (Å²) in [7, 11) is 0. The van der Waals surface area contributed by atoms with Crippen molar-refractivity contribution in [3.63, 3.8) is 0 Å². The standard InChI is InChI=1S/C19H16F4N4O.ClH/c20-14-5-17(26-9-14)18(28)27-10-15-6-16(12(7-24)8-25-15)11-1-3-13(4-2-11)19(21,22)23;/h1-4,6,8,14,17,26H,5,9-10H2,(H,27,28);1H. The minimum Gasteiger partial charge on any atom is -0.349 e. The van der Waals surface area contributed by atoms with Crippen LogP contribution in [0, 0.1) is 11.3 Å². The highest BCUT2D eigenvalue weighted by atomic mass is 35.5. The molecule has 3 rings (SSSR count). The Kier molecular flexibility index (Phi) is 7.16. The quantitative estimate of drug-likeness (QED) is 0.732. The van der Waals surface area contributed by atoms with Gasteiger partial charge in [0.05, 0.1) is 29.4 Å². The van der Waals surface area contributed by atoms with E-state index in [0.717, 1.165) is 12.1 Å². The summed E-state index contributed by atoms with van der Waals surface area (Å²) in [4.78, 5) is 16.1. The van der Waals surface area contributed by atoms with Gasteiger partial charge in [-0.1, -0.05) is 12.1 Å². The van der Waals surface area contributed by atoms with Crippen molar-refractivity contribution in [2.45, 2.75) is 31.4 Å². The van der Waals surface area contributed by atoms with E-state index in [0.29, 0.717) is 16.8 Å². The van der Waals surface area contributed by atoms with Gasteiger partial charge in [0.2, 0.25) is 5.91 Å². The molecule has 29 heavy (non-hydrogen) atoms. The molecule has 2 N–H and O–H groups in total. The van der Waals surface area contributed by atoms with Crippen molar-refractivity contribution in [3.8, 4) is 17.2 Å². The van der Waals surface area contributed by atoms with E-state index >= 15 is 0 Å². The molecule has 2 heterocycles. The third-order valence-corrected chi connectivity index (χ3v) is 4.44. The average molecular weight is 429 g/mol. The Balaban J connectivity index is 0.00000300. The maximum atomic E-state index is 13.2. The van der Waals surface area contributed by atoms with Gasteiger partial charge in [-0.3, -0.25) is 9.78 Å². The van der Waals surface area contributed by atoms with Crippen LogP contribution in [-0.2, 0) is 17.5 Å². The minimum atomic E-state index is -4.45. The van der Waals surface area contributed by atoms with Crippen LogP contribution in [0.5, 0.6) is 0 Å². The number of nitrogens with one attached hydrogen (secondary N) is 2. The molecule has 0 saturated carbocycles. The Hall–Kier alpha value is -2.70. The van der Waals surface area contributed by atoms with Gasteiger partial charge in [-0.05, 0) is 23.8 Å². The fourth-order valence-electron chi connectivity index (χ4n) is 2.96. The Bertz CT molecular complexity index is 912. The normalized spacial score (nSPS) is 18.6. The van der Waals surface area contributed by atoms with Crippen molar-refractivity contribution in [2.75, 3.05) is 6.54 Å². The van der Waals surface area contributed by atoms with Crippen molar-refractivity contribution in [3.05, 3.63) is 53.3 Å². The fourth-order valence-corrected chi connectivity index (χ4v) is 2.96. The summed E-state index contributed by atoms with van der Waals surface area (Å²) in [5.74, 6) is -0.359. The molecule has 2 aromatic rings. The number of alkyl halides is 4. The van der Waals surface area contributed by atoms with E-state index in [2.05, 4.69) is 15.6 Å². The molecule has 5 nitrogen and oxygen atoms in total. The van der Waals surface area contributed by atoms with Gasteiger partial charge in [0.15, 0.2) is 0 Å². The molecule has 1 aromatic carbocycles. The van der Waals surface area contributed by atoms with Gasteiger partial charge in [0, 0.05) is 24.7 Å². The van der Waals surface area contributed by atoms with Crippen LogP contribution in [-0.4, -0.2) is 29.6 Å². The molecule has 1 fully saturated rings. The number of nitrogens with zero attached hydrogens (tertiary/aromatic N) is 2. The molecule has 2 unspecified atom stereocenters. The lowest BCUT2D eigenvalue weighted by Gasteiger charge is -2.12. The average Bonchev–Trinajstić information content (AvgIpc) is 3.12. The number of hydrogen-bond donors (Lipinski definition) is 2. The zero-order chi connectivity index (χ0) is 20.3. The van der Waals surface area contributed by atoms with Gasteiger partial charge in [-0.15, -0.1) is 12.4 Å². The molecule has 0 aliphatic carbocycles. The third kappa shape index (κ3) is 5.43. The maximum Gasteiger partial charge on any atom is 0.416 e. The van der Waals surface area contributed by atoms with Crippen molar-refractivity contribution in [2.24, 2.45) is 0 Å². The zero-order valence-corrected chi connectivity index (χ0v) is 15.8. The monoisotopic (exact) mass is 428 g/mol. The minimum absolute atomic E-state index is 0. The first-order chi connectivity index (χ1) is 13.3. The lowest BCUT2D eigenvalue weighted by atomic mass is 10.00. The fraction of sp³-hybridized carbons (Fsp3) is 0.316. The number of rotatable bonds is 4. The van der Waals surface area contributed by atoms with Crippen LogP contribution in [0.1, 0.15) is 23.2 Å². The molecule has 1 amide bonds. The summed E-state index contributed by atoms with van der Waals surface area (Å²) in [5.41, 5.74) is 0.687. The van der Waals surface area contributed by atoms with Crippen LogP contribution >= 0.6 is 12.4 Å². The predicted molar refractivity (Wildman–Crippen MR) is 99.8 cm³/mol. The van der Waals surface area contributed by atoms with Crippen LogP contribution in [0.15, 0.2) is 36.5 Å². The largest absolute Gasteiger partial charge is 0.416 e. The van der Waals surface area contributed by atoms with Crippen LogP contribution < -0.4 is 10.6 Å². The van der Waals surface area contributed by atoms with Crippen LogP contribution in [0.25, 0.3) is 11.1 Å². The number of hydrogen-bond acceptors (Lipinski definition) is 4. The first kappa shape index (κ1) is 22.6. The highest BCUT2D eigenvalue weighted by Gasteiger charge is 2.30. The Morgan fingerprint density at radius 3 is 2.55 bits per heavy atom. The third-order valence-electron chi connectivity index (χ3n) is 4.44. The first-order valence-electron chi connectivity index (χ1n) is 8.49. The number of amides is 1. The smallest absolute Gasteiger partial charge is 0.349 e. The van der Waals surface area contributed by atoms with Crippen molar-refractivity contribution in [1.29, 1.82) is 5.26 Å². The summed E-state index contributed by atoms with van der Waals surface area (Å²) in [5, 5.41) is 14.7. The number of carbonyl (C=O) groups is 1. The molecule has 0 spiro atoms. The van der Waals surface area contributed by atoms with Gasteiger partial charge in [0.25, 0.3) is 0 Å². The number of carbonyl (C=O) groups excluding carboxylic acids is 1. The number of benzene rings is 1. The second kappa shape index (κ2) is 9.20. The lowest BCUT2D eigenvalue weighted by Crippen LogP contribution is -2.40. The molecule has 1 aliphatic heterocycles. The van der Waals surface area contributed by atoms with Crippen LogP contribution in [0.2, 0.25) is 0 Å². The van der Waals surface area contributed by atoms with E-state index in [9.17, 15) is 27.6 Å². The number of nitriles is 1. The second-order valence-corrected chi connectivity index (χ2v) is 6.42. The van der Waals surface area contributed by atoms with Crippen LogP contribution in [0.4, 0.5) is 17.6 Å². The van der Waals surface area contributed by atoms with E-state index in [1.54, 1.807) is 6.07 Å². The van der Waals surface area contributed by atoms with Crippen molar-refractivity contribution >= 4 is 18.3 Å². The summed E-state index contributed by atoms with van der Waals surface area (Å²) in [6, 6.07) is 7.34. The van der Waals surface area contributed by atoms with Gasteiger partial charge in [0.1, 0.15) is 12.2 Å². The van der Waals surface area contributed by atoms with E-state index in [4.69, 9.17) is 0 Å². The molecule has 154 valence electrons. The van der Waals surface area contributed by atoms with Gasteiger partial charge >= 0.3 is 6.18 Å². The van der Waals surface area contributed by atoms with Gasteiger partial charge < -0.3 is 10.6 Å². The molecule has 0 bridgehead atoms. The zero-order valence-electron chi connectivity index (χ0n) is 15.0. The highest BCUT2D eigenvalue weighted by molar-refractivity contribution is 5.85. The summed E-state index contributed by atoms with van der Waals surface area (Å²) >= 11 is 0. The molecule has 1 aliphatic rings. The molecule has 2 atom stereocenters. The SMILES string of the molecule is Cl.N#Cc1cnc(CNC(=O)C2CC(F)CN2)cc1-c1ccc(C(F)(F)F)cc1. The van der Waals surface area contributed by atoms with E-state index < -0.39 is 24.0 Å². The van der Waals surface area contributed by atoms with Crippen molar-refractivity contribution < 1.29 is 22.4 Å². The molecular formula is C19H17ClF4N4O. The van der Waals surface area contributed by atoms with Crippen LogP contribution in [0.3, 0.4) is 0 Å². The highest BCUT2D eigenvalue weighted by Crippen LogP contribution is 2.31. The molecule has 0 radical (unpaired) electrons. The van der Waals surface area contributed by atoms with Gasteiger partial charge in [-0.25, -0.2) is 4.39 Å². The molecule has 1 aromatic heterocycles. The Morgan fingerprint density at radius 2 is 2.00 bits per heavy atom. The second-order valence-electron chi connectivity index (χ2n) is 6.42. The lowest BCUT2D eigenvalue weighted by molar-refractivity contribution is -0.137. The summed E-state index contributed by atoms with van der Waals surface area (Å²) < 4.78 is 51.4. The summed E-state index contributed by atoms with van der Waals surface area (Å²) in [6.45, 7) is 0.179. The van der Waals surface area contributed by atoms with E-state index in [1.165, 1.54) is 18.3 Å². The van der Waals surface area contributed by atoms with Crippen molar-refractivity contribution in [1.82, 2.24) is 15.6 Å². The number of halogens is 5. The molecule has 1 saturated heterocycles. The Labute approximate surface area is 170 Å².